The van der Waals surface area contributed by atoms with Gasteiger partial charge in [0.1, 0.15) is 13.2 Å². The van der Waals surface area contributed by atoms with Crippen molar-refractivity contribution in [3.8, 4) is 0 Å². The SMILES string of the molecule is CCCCC/C=C\C/C=C\C/C=C\C/C=C\CCCC(=O)OC[C@H](COC(=O)CCCC/C=C\C/C=C\C/C=C\CCCCC)OC(=O)CCCCCCC/C=C\CCCCCC. The summed E-state index contributed by atoms with van der Waals surface area (Å²) in [5, 5.41) is 0. The molecule has 6 nitrogen and oxygen atoms in total. The van der Waals surface area contributed by atoms with Crippen molar-refractivity contribution in [3.63, 3.8) is 0 Å². The van der Waals surface area contributed by atoms with Gasteiger partial charge >= 0.3 is 17.9 Å². The Morgan fingerprint density at radius 3 is 1.03 bits per heavy atom. The van der Waals surface area contributed by atoms with Crippen molar-refractivity contribution in [1.29, 1.82) is 0 Å². The molecule has 0 aliphatic carbocycles. The fraction of sp³-hybridized carbons (Fsp3) is 0.667. The van der Waals surface area contributed by atoms with Crippen LogP contribution in [0.25, 0.3) is 0 Å². The lowest BCUT2D eigenvalue weighted by molar-refractivity contribution is -0.167. The molecule has 1 atom stereocenters. The fourth-order valence-corrected chi connectivity index (χ4v) is 6.61. The number of hydrogen-bond donors (Lipinski definition) is 0. The zero-order valence-corrected chi connectivity index (χ0v) is 40.8. The Labute approximate surface area is 387 Å². The van der Waals surface area contributed by atoms with E-state index >= 15 is 0 Å². The van der Waals surface area contributed by atoms with Crippen LogP contribution >= 0.6 is 0 Å². The number of esters is 3. The van der Waals surface area contributed by atoms with Gasteiger partial charge in [0.25, 0.3) is 0 Å². The van der Waals surface area contributed by atoms with Crippen molar-refractivity contribution in [2.45, 2.75) is 232 Å². The molecule has 0 fully saturated rings. The van der Waals surface area contributed by atoms with E-state index in [4.69, 9.17) is 14.2 Å². The second kappa shape index (κ2) is 51.0. The summed E-state index contributed by atoms with van der Waals surface area (Å²) in [7, 11) is 0. The van der Waals surface area contributed by atoms with Crippen LogP contribution in [-0.2, 0) is 28.6 Å². The van der Waals surface area contributed by atoms with Gasteiger partial charge in [-0.1, -0.05) is 182 Å². The Balaban J connectivity index is 4.55. The van der Waals surface area contributed by atoms with Gasteiger partial charge in [0.2, 0.25) is 0 Å². The van der Waals surface area contributed by atoms with E-state index in [1.807, 2.05) is 0 Å². The largest absolute Gasteiger partial charge is 0.462 e. The zero-order valence-electron chi connectivity index (χ0n) is 40.8. The van der Waals surface area contributed by atoms with E-state index in [1.165, 1.54) is 89.9 Å². The van der Waals surface area contributed by atoms with Gasteiger partial charge in [0, 0.05) is 19.3 Å². The molecule has 0 saturated carbocycles. The number of carbonyl (C=O) groups is 3. The topological polar surface area (TPSA) is 78.9 Å². The number of allylic oxidation sites excluding steroid dienone is 16. The normalized spacial score (nSPS) is 12.9. The van der Waals surface area contributed by atoms with Gasteiger partial charge in [-0.05, 0) is 122 Å². The van der Waals surface area contributed by atoms with Crippen LogP contribution in [0, 0.1) is 0 Å². The van der Waals surface area contributed by atoms with Crippen molar-refractivity contribution < 1.29 is 28.6 Å². The summed E-state index contributed by atoms with van der Waals surface area (Å²) in [6, 6.07) is 0. The van der Waals surface area contributed by atoms with Crippen molar-refractivity contribution in [3.05, 3.63) is 97.2 Å². The number of hydrogen-bond acceptors (Lipinski definition) is 6. The Bertz CT molecular complexity index is 1280. The average Bonchev–Trinajstić information content (AvgIpc) is 3.28. The first-order valence-corrected chi connectivity index (χ1v) is 25.7. The number of rotatable bonds is 45. The molecular formula is C57H94O6. The van der Waals surface area contributed by atoms with Crippen LogP contribution in [0.2, 0.25) is 0 Å². The molecule has 0 aromatic heterocycles. The highest BCUT2D eigenvalue weighted by Gasteiger charge is 2.19. The lowest BCUT2D eigenvalue weighted by atomic mass is 10.1. The second-order valence-corrected chi connectivity index (χ2v) is 16.7. The number of carbonyl (C=O) groups excluding carboxylic acids is 3. The number of unbranched alkanes of at least 4 members (excludes halogenated alkanes) is 18. The summed E-state index contributed by atoms with van der Waals surface area (Å²) in [5.74, 6) is -1.02. The number of ether oxygens (including phenoxy) is 3. The van der Waals surface area contributed by atoms with E-state index in [9.17, 15) is 14.4 Å². The minimum absolute atomic E-state index is 0.119. The predicted molar refractivity (Wildman–Crippen MR) is 270 cm³/mol. The maximum absolute atomic E-state index is 12.8. The van der Waals surface area contributed by atoms with Crippen LogP contribution in [0.3, 0.4) is 0 Å². The molecule has 0 amide bonds. The van der Waals surface area contributed by atoms with Crippen molar-refractivity contribution in [1.82, 2.24) is 0 Å². The minimum Gasteiger partial charge on any atom is -0.462 e. The van der Waals surface area contributed by atoms with E-state index < -0.39 is 6.10 Å². The smallest absolute Gasteiger partial charge is 0.306 e. The molecule has 0 bridgehead atoms. The molecule has 0 radical (unpaired) electrons. The van der Waals surface area contributed by atoms with E-state index in [-0.39, 0.29) is 37.5 Å². The molecule has 358 valence electrons. The van der Waals surface area contributed by atoms with E-state index in [1.54, 1.807) is 0 Å². The second-order valence-electron chi connectivity index (χ2n) is 16.7. The van der Waals surface area contributed by atoms with Gasteiger partial charge in [0.05, 0.1) is 0 Å². The zero-order chi connectivity index (χ0) is 45.8. The van der Waals surface area contributed by atoms with Crippen molar-refractivity contribution in [2.75, 3.05) is 13.2 Å². The summed E-state index contributed by atoms with van der Waals surface area (Å²) in [6.45, 7) is 6.46. The third kappa shape index (κ3) is 49.2. The highest BCUT2D eigenvalue weighted by Crippen LogP contribution is 2.12. The fourth-order valence-electron chi connectivity index (χ4n) is 6.61. The van der Waals surface area contributed by atoms with Gasteiger partial charge in [-0.15, -0.1) is 0 Å². The van der Waals surface area contributed by atoms with Gasteiger partial charge in [0.15, 0.2) is 6.10 Å². The predicted octanol–water partition coefficient (Wildman–Crippen LogP) is 17.0. The van der Waals surface area contributed by atoms with Gasteiger partial charge < -0.3 is 14.2 Å². The van der Waals surface area contributed by atoms with Gasteiger partial charge in [-0.25, -0.2) is 0 Å². The highest BCUT2D eigenvalue weighted by molar-refractivity contribution is 5.71. The van der Waals surface area contributed by atoms with Crippen molar-refractivity contribution in [2.24, 2.45) is 0 Å². The summed E-state index contributed by atoms with van der Waals surface area (Å²) in [6.07, 6.45) is 66.8. The summed E-state index contributed by atoms with van der Waals surface area (Å²) >= 11 is 0. The first kappa shape index (κ1) is 59.3. The van der Waals surface area contributed by atoms with Gasteiger partial charge in [-0.3, -0.25) is 14.4 Å². The maximum atomic E-state index is 12.8. The van der Waals surface area contributed by atoms with Crippen LogP contribution in [0.1, 0.15) is 226 Å². The first-order chi connectivity index (χ1) is 31.0. The Morgan fingerprint density at radius 1 is 0.317 bits per heavy atom. The molecule has 0 aliphatic heterocycles. The summed E-state index contributed by atoms with van der Waals surface area (Å²) in [5.41, 5.74) is 0. The van der Waals surface area contributed by atoms with Crippen LogP contribution in [0.15, 0.2) is 97.2 Å². The Morgan fingerprint density at radius 2 is 0.587 bits per heavy atom. The molecule has 6 heteroatoms. The average molecular weight is 875 g/mol. The third-order valence-corrected chi connectivity index (χ3v) is 10.5. The Hall–Kier alpha value is -3.67. The molecule has 0 spiro atoms. The van der Waals surface area contributed by atoms with Crippen molar-refractivity contribution >= 4 is 17.9 Å². The Kier molecular flexibility index (Phi) is 48.0. The van der Waals surface area contributed by atoms with Crippen LogP contribution < -0.4 is 0 Å². The standard InChI is InChI=1S/C57H94O6/c1-4-7-10-13-16-19-22-25-27-28-30-33-35-38-41-44-47-50-56(59)62-53-54(63-57(60)51-48-45-42-39-36-31-24-21-18-15-12-9-6-3)52-61-55(58)49-46-43-40-37-34-32-29-26-23-20-17-14-11-8-5-2/h16-17,19-21,24-27,29-30,33-34,37-38,41,54H,4-15,18,22-23,28,31-32,35-36,39-40,42-53H2,1-3H3/b19-16-,20-17-,24-21-,27-25-,29-26-,33-30-,37-34-,41-38-/t54-/m0/s1. The summed E-state index contributed by atoms with van der Waals surface area (Å²) < 4.78 is 16.7. The maximum Gasteiger partial charge on any atom is 0.306 e. The van der Waals surface area contributed by atoms with E-state index in [0.29, 0.717) is 19.3 Å². The monoisotopic (exact) mass is 875 g/mol. The van der Waals surface area contributed by atoms with E-state index in [0.717, 1.165) is 89.9 Å². The molecule has 0 saturated heterocycles. The summed E-state index contributed by atoms with van der Waals surface area (Å²) in [4.78, 5) is 37.9. The molecule has 63 heavy (non-hydrogen) atoms. The molecule has 0 unspecified atom stereocenters. The molecule has 0 heterocycles. The molecule has 0 aliphatic rings. The molecule has 0 aromatic carbocycles. The lowest BCUT2D eigenvalue weighted by Gasteiger charge is -2.18. The first-order valence-electron chi connectivity index (χ1n) is 25.7. The van der Waals surface area contributed by atoms with Crippen LogP contribution in [-0.4, -0.2) is 37.2 Å². The quantitative estimate of drug-likeness (QED) is 0.0262. The molecule has 0 aromatic rings. The van der Waals surface area contributed by atoms with E-state index in [2.05, 4.69) is 118 Å². The molecular weight excluding hydrogens is 781 g/mol. The minimum atomic E-state index is -0.819. The molecule has 0 rings (SSSR count). The molecule has 0 N–H and O–H groups in total. The highest BCUT2D eigenvalue weighted by atomic mass is 16.6. The van der Waals surface area contributed by atoms with Crippen LogP contribution in [0.4, 0.5) is 0 Å². The third-order valence-electron chi connectivity index (χ3n) is 10.5. The van der Waals surface area contributed by atoms with Gasteiger partial charge in [-0.2, -0.15) is 0 Å². The van der Waals surface area contributed by atoms with Crippen LogP contribution in [0.5, 0.6) is 0 Å². The lowest BCUT2D eigenvalue weighted by Crippen LogP contribution is -2.30.